The zero-order chi connectivity index (χ0) is 17.6. The van der Waals surface area contributed by atoms with Crippen molar-refractivity contribution in [2.45, 2.75) is 20.3 Å². The van der Waals surface area contributed by atoms with Crippen LogP contribution in [0.3, 0.4) is 0 Å². The number of halogens is 1. The average Bonchev–Trinajstić information content (AvgIpc) is 2.60. The van der Waals surface area contributed by atoms with E-state index >= 15 is 0 Å². The molecule has 1 N–H and O–H groups in total. The van der Waals surface area contributed by atoms with Crippen molar-refractivity contribution in [3.05, 3.63) is 77.4 Å². The molecule has 0 saturated carbocycles. The van der Waals surface area contributed by atoms with Crippen molar-refractivity contribution in [3.63, 3.8) is 0 Å². The molecule has 1 aromatic heterocycles. The lowest BCUT2D eigenvalue weighted by atomic mass is 10.1. The second-order valence-electron chi connectivity index (χ2n) is 5.78. The largest absolute Gasteiger partial charge is 0.262 e. The average molecular weight is 334 g/mol. The van der Waals surface area contributed by atoms with Gasteiger partial charge in [-0.05, 0) is 31.5 Å². The van der Waals surface area contributed by atoms with Gasteiger partial charge in [0.15, 0.2) is 0 Å². The molecule has 0 bridgehead atoms. The summed E-state index contributed by atoms with van der Waals surface area (Å²) in [5.74, 6) is 0.775. The number of nitrogens with one attached hydrogen (secondary N) is 1. The molecule has 4 nitrogen and oxygen atoms in total. The quantitative estimate of drug-likeness (QED) is 0.550. The summed E-state index contributed by atoms with van der Waals surface area (Å²) in [6.45, 7) is 3.83. The molecule has 126 valence electrons. The maximum Gasteiger partial charge on any atom is 0.150 e. The highest BCUT2D eigenvalue weighted by atomic mass is 19.1. The molecule has 1 heterocycles. The molecular weight excluding hydrogens is 315 g/mol. The van der Waals surface area contributed by atoms with Crippen LogP contribution in [0.25, 0.3) is 11.3 Å². The smallest absolute Gasteiger partial charge is 0.150 e. The van der Waals surface area contributed by atoms with Crippen LogP contribution >= 0.6 is 0 Å². The molecular formula is C20H19FN4. The van der Waals surface area contributed by atoms with Gasteiger partial charge in [0.2, 0.25) is 0 Å². The first kappa shape index (κ1) is 16.8. The number of benzene rings is 2. The Balaban J connectivity index is 1.71. The van der Waals surface area contributed by atoms with E-state index in [2.05, 4.69) is 51.7 Å². The van der Waals surface area contributed by atoms with E-state index in [-0.39, 0.29) is 5.82 Å². The van der Waals surface area contributed by atoms with Crippen LogP contribution in [-0.2, 0) is 6.42 Å². The third-order valence-electron chi connectivity index (χ3n) is 3.71. The van der Waals surface area contributed by atoms with Gasteiger partial charge in [0, 0.05) is 24.3 Å². The van der Waals surface area contributed by atoms with Crippen molar-refractivity contribution in [1.82, 2.24) is 9.97 Å². The van der Waals surface area contributed by atoms with Crippen molar-refractivity contribution in [2.75, 3.05) is 5.43 Å². The van der Waals surface area contributed by atoms with Crippen LogP contribution in [0.2, 0.25) is 0 Å². The summed E-state index contributed by atoms with van der Waals surface area (Å²) in [6, 6.07) is 16.5. The molecule has 25 heavy (non-hydrogen) atoms. The lowest BCUT2D eigenvalue weighted by Gasteiger charge is -2.06. The van der Waals surface area contributed by atoms with Gasteiger partial charge < -0.3 is 0 Å². The van der Waals surface area contributed by atoms with Gasteiger partial charge in [-0.1, -0.05) is 42.0 Å². The first-order chi connectivity index (χ1) is 12.1. The van der Waals surface area contributed by atoms with Crippen LogP contribution in [0.15, 0.2) is 59.7 Å². The Bertz CT molecular complexity index is 888. The fourth-order valence-corrected chi connectivity index (χ4v) is 2.42. The van der Waals surface area contributed by atoms with E-state index in [0.717, 1.165) is 6.42 Å². The summed E-state index contributed by atoms with van der Waals surface area (Å²) in [5.41, 5.74) is 6.28. The molecule has 0 aliphatic heterocycles. The Labute approximate surface area is 146 Å². The van der Waals surface area contributed by atoms with Gasteiger partial charge >= 0.3 is 0 Å². The molecule has 0 amide bonds. The number of hydrogen-bond acceptors (Lipinski definition) is 4. The Hall–Kier alpha value is -3.08. The molecule has 2 aromatic carbocycles. The highest BCUT2D eigenvalue weighted by Gasteiger charge is 2.08. The number of hydrogen-bond donors (Lipinski definition) is 1. The van der Waals surface area contributed by atoms with Crippen LogP contribution < -0.4 is 5.43 Å². The van der Waals surface area contributed by atoms with Gasteiger partial charge in [-0.3, -0.25) is 5.43 Å². The maximum absolute atomic E-state index is 14.0. The second kappa shape index (κ2) is 7.66. The third-order valence-corrected chi connectivity index (χ3v) is 3.71. The molecule has 5 heteroatoms. The number of aryl methyl sites for hydroxylation is 2. The van der Waals surface area contributed by atoms with Crippen molar-refractivity contribution >= 4 is 12.0 Å². The van der Waals surface area contributed by atoms with Crippen molar-refractivity contribution < 1.29 is 4.39 Å². The van der Waals surface area contributed by atoms with Crippen molar-refractivity contribution in [2.24, 2.45) is 5.10 Å². The summed E-state index contributed by atoms with van der Waals surface area (Å²) >= 11 is 0. The minimum atomic E-state index is -0.311. The molecule has 0 atom stereocenters. The molecule has 3 aromatic rings. The molecule has 0 saturated heterocycles. The topological polar surface area (TPSA) is 50.2 Å². The van der Waals surface area contributed by atoms with Gasteiger partial charge in [0.1, 0.15) is 17.5 Å². The van der Waals surface area contributed by atoms with Crippen molar-refractivity contribution in [3.8, 4) is 11.3 Å². The Morgan fingerprint density at radius 3 is 2.56 bits per heavy atom. The third kappa shape index (κ3) is 4.47. The molecule has 0 spiro atoms. The summed E-state index contributed by atoms with van der Waals surface area (Å²) in [5, 5.41) is 4.20. The van der Waals surface area contributed by atoms with E-state index in [0.29, 0.717) is 22.9 Å². The van der Waals surface area contributed by atoms with E-state index in [1.165, 1.54) is 17.2 Å². The van der Waals surface area contributed by atoms with Crippen LogP contribution in [-0.4, -0.2) is 16.2 Å². The molecule has 0 unspecified atom stereocenters. The number of nitrogens with zero attached hydrogens (tertiary/aromatic N) is 3. The van der Waals surface area contributed by atoms with Crippen LogP contribution in [0.5, 0.6) is 0 Å². The summed E-state index contributed by atoms with van der Waals surface area (Å²) < 4.78 is 14.0. The van der Waals surface area contributed by atoms with Gasteiger partial charge in [-0.15, -0.1) is 0 Å². The lowest BCUT2D eigenvalue weighted by molar-refractivity contribution is 0.630. The normalized spacial score (nSPS) is 11.0. The molecule has 0 radical (unpaired) electrons. The standard InChI is InChI=1S/C20H19FN4/c1-14-7-9-16(10-8-14)11-12-22-25-20-13-19(23-15(2)24-20)17-5-3-4-6-18(17)21/h3-10,12-13H,11H2,1-2H3,(H,23,24,25). The molecule has 0 aliphatic carbocycles. The fourth-order valence-electron chi connectivity index (χ4n) is 2.42. The zero-order valence-electron chi connectivity index (χ0n) is 14.2. The van der Waals surface area contributed by atoms with E-state index in [9.17, 15) is 4.39 Å². The predicted molar refractivity (Wildman–Crippen MR) is 99.2 cm³/mol. The SMILES string of the molecule is Cc1ccc(CC=NNc2cc(-c3ccccc3F)nc(C)n2)cc1. The minimum absolute atomic E-state index is 0.311. The summed E-state index contributed by atoms with van der Waals surface area (Å²) in [6.07, 6.45) is 2.50. The zero-order valence-corrected chi connectivity index (χ0v) is 14.2. The predicted octanol–water partition coefficient (Wildman–Crippen LogP) is 4.54. The first-order valence-corrected chi connectivity index (χ1v) is 8.05. The first-order valence-electron chi connectivity index (χ1n) is 8.05. The maximum atomic E-state index is 14.0. The van der Waals surface area contributed by atoms with Crippen LogP contribution in [0.4, 0.5) is 10.2 Å². The Morgan fingerprint density at radius 1 is 1.04 bits per heavy atom. The Kier molecular flexibility index (Phi) is 5.14. The number of anilines is 1. The molecule has 0 fully saturated rings. The van der Waals surface area contributed by atoms with Crippen LogP contribution in [0.1, 0.15) is 17.0 Å². The van der Waals surface area contributed by atoms with Crippen LogP contribution in [0, 0.1) is 19.7 Å². The van der Waals surface area contributed by atoms with E-state index < -0.39 is 0 Å². The van der Waals surface area contributed by atoms with E-state index in [4.69, 9.17) is 0 Å². The number of aromatic nitrogens is 2. The van der Waals surface area contributed by atoms with E-state index in [1.807, 2.05) is 0 Å². The van der Waals surface area contributed by atoms with Gasteiger partial charge in [-0.25, -0.2) is 14.4 Å². The highest BCUT2D eigenvalue weighted by Crippen LogP contribution is 2.22. The number of hydrazone groups is 1. The van der Waals surface area contributed by atoms with Gasteiger partial charge in [0.05, 0.1) is 5.69 Å². The van der Waals surface area contributed by atoms with Gasteiger partial charge in [0.25, 0.3) is 0 Å². The lowest BCUT2D eigenvalue weighted by Crippen LogP contribution is -2.00. The summed E-state index contributed by atoms with van der Waals surface area (Å²) in [7, 11) is 0. The van der Waals surface area contributed by atoms with E-state index in [1.54, 1.807) is 37.4 Å². The fraction of sp³-hybridized carbons (Fsp3) is 0.150. The second-order valence-corrected chi connectivity index (χ2v) is 5.78. The summed E-state index contributed by atoms with van der Waals surface area (Å²) in [4.78, 5) is 8.59. The number of rotatable bonds is 5. The Morgan fingerprint density at radius 2 is 1.80 bits per heavy atom. The molecule has 0 aliphatic rings. The highest BCUT2D eigenvalue weighted by molar-refractivity contribution is 5.65. The minimum Gasteiger partial charge on any atom is -0.262 e. The van der Waals surface area contributed by atoms with Gasteiger partial charge in [-0.2, -0.15) is 5.10 Å². The molecule has 3 rings (SSSR count). The van der Waals surface area contributed by atoms with Crippen molar-refractivity contribution in [1.29, 1.82) is 0 Å². The monoisotopic (exact) mass is 334 g/mol.